The van der Waals surface area contributed by atoms with E-state index in [2.05, 4.69) is 30.8 Å². The molecule has 2 heterocycles. The topological polar surface area (TPSA) is 138 Å². The molecule has 1 amide bonds. The SMILES string of the molecule is COc1cc2c(Nc3cc(CC(=O)Nc4cccc(F)c4)[nH]n3)ncnc2cc1OCCC[NH]. The number of carbonyl (C=O) groups is 1. The number of anilines is 3. The molecule has 0 unspecified atom stereocenters. The first-order chi connectivity index (χ1) is 16.6. The molecule has 34 heavy (non-hydrogen) atoms. The highest BCUT2D eigenvalue weighted by molar-refractivity contribution is 5.93. The maximum atomic E-state index is 13.3. The molecule has 0 bridgehead atoms. The van der Waals surface area contributed by atoms with Crippen LogP contribution in [0.15, 0.2) is 48.8 Å². The van der Waals surface area contributed by atoms with Gasteiger partial charge < -0.3 is 20.1 Å². The lowest BCUT2D eigenvalue weighted by Gasteiger charge is -2.13. The first kappa shape index (κ1) is 22.9. The first-order valence-corrected chi connectivity index (χ1v) is 10.5. The fraction of sp³-hybridized carbons (Fsp3) is 0.217. The van der Waals surface area contributed by atoms with Gasteiger partial charge in [0.25, 0.3) is 0 Å². The minimum atomic E-state index is -0.425. The van der Waals surface area contributed by atoms with E-state index in [0.29, 0.717) is 58.4 Å². The number of methoxy groups -OCH3 is 1. The van der Waals surface area contributed by atoms with Crippen molar-refractivity contribution in [3.8, 4) is 11.5 Å². The zero-order valence-corrected chi connectivity index (χ0v) is 18.4. The van der Waals surface area contributed by atoms with E-state index in [0.717, 1.165) is 0 Å². The maximum absolute atomic E-state index is 13.3. The van der Waals surface area contributed by atoms with Crippen molar-refractivity contribution in [2.24, 2.45) is 0 Å². The molecule has 0 spiro atoms. The monoisotopic (exact) mass is 464 g/mol. The van der Waals surface area contributed by atoms with Crippen LogP contribution >= 0.6 is 0 Å². The molecule has 0 fully saturated rings. The molecular formula is C23H23FN7O3. The van der Waals surface area contributed by atoms with Crippen molar-refractivity contribution >= 4 is 34.1 Å². The minimum Gasteiger partial charge on any atom is -0.493 e. The standard InChI is InChI=1S/C23H23FN7O3/c1-33-19-11-17-18(12-20(19)34-7-3-6-25)26-13-27-23(17)29-21-9-16(30-31-21)10-22(32)28-15-5-2-4-14(24)8-15/h2,4-5,8-9,11-13,25H,3,6-7,10H2,1H3,(H,28,32)(H2,26,27,29,30,31). The summed E-state index contributed by atoms with van der Waals surface area (Å²) in [6, 6.07) is 10.9. The van der Waals surface area contributed by atoms with Gasteiger partial charge in [0.2, 0.25) is 5.91 Å². The van der Waals surface area contributed by atoms with Gasteiger partial charge in [-0.25, -0.2) is 14.4 Å². The Morgan fingerprint density at radius 3 is 2.85 bits per heavy atom. The van der Waals surface area contributed by atoms with E-state index in [1.807, 2.05) is 0 Å². The molecule has 0 aliphatic rings. The Balaban J connectivity index is 1.48. The van der Waals surface area contributed by atoms with Crippen molar-refractivity contribution in [3.05, 3.63) is 60.3 Å². The van der Waals surface area contributed by atoms with E-state index in [9.17, 15) is 9.18 Å². The average molecular weight is 464 g/mol. The van der Waals surface area contributed by atoms with Gasteiger partial charge in [-0.3, -0.25) is 15.6 Å². The second-order valence-electron chi connectivity index (χ2n) is 7.33. The Labute approximate surface area is 194 Å². The van der Waals surface area contributed by atoms with Gasteiger partial charge in [0.05, 0.1) is 25.7 Å². The summed E-state index contributed by atoms with van der Waals surface area (Å²) < 4.78 is 24.5. The van der Waals surface area contributed by atoms with Gasteiger partial charge in [-0.1, -0.05) is 6.07 Å². The maximum Gasteiger partial charge on any atom is 0.230 e. The number of benzene rings is 2. The highest BCUT2D eigenvalue weighted by Crippen LogP contribution is 2.34. The van der Waals surface area contributed by atoms with Crippen LogP contribution in [0.1, 0.15) is 12.1 Å². The molecule has 2 aromatic carbocycles. The van der Waals surface area contributed by atoms with Crippen LogP contribution in [0.4, 0.5) is 21.7 Å². The van der Waals surface area contributed by atoms with Crippen molar-refractivity contribution in [3.63, 3.8) is 0 Å². The second kappa shape index (κ2) is 10.6. The molecule has 4 N–H and O–H groups in total. The lowest BCUT2D eigenvalue weighted by Crippen LogP contribution is -2.14. The molecule has 0 saturated carbocycles. The van der Waals surface area contributed by atoms with Crippen LogP contribution in [-0.2, 0) is 11.2 Å². The molecular weight excluding hydrogens is 441 g/mol. The molecule has 11 heteroatoms. The Hall–Kier alpha value is -4.25. The molecule has 4 aromatic rings. The summed E-state index contributed by atoms with van der Waals surface area (Å²) in [5.41, 5.74) is 8.84. The highest BCUT2D eigenvalue weighted by Gasteiger charge is 2.14. The van der Waals surface area contributed by atoms with Crippen molar-refractivity contribution in [1.29, 1.82) is 0 Å². The van der Waals surface area contributed by atoms with Crippen molar-refractivity contribution in [2.75, 3.05) is 30.9 Å². The van der Waals surface area contributed by atoms with E-state index < -0.39 is 5.82 Å². The number of hydrogen-bond donors (Lipinski definition) is 3. The number of aromatic amines is 1. The fourth-order valence-corrected chi connectivity index (χ4v) is 3.27. The fourth-order valence-electron chi connectivity index (χ4n) is 3.27. The Morgan fingerprint density at radius 1 is 1.18 bits per heavy atom. The van der Waals surface area contributed by atoms with Gasteiger partial charge in [0.1, 0.15) is 18.0 Å². The summed E-state index contributed by atoms with van der Waals surface area (Å²) in [7, 11) is 1.55. The first-order valence-electron chi connectivity index (χ1n) is 10.5. The molecule has 0 atom stereocenters. The normalized spacial score (nSPS) is 10.8. The number of nitrogens with one attached hydrogen (secondary N) is 4. The van der Waals surface area contributed by atoms with Gasteiger partial charge in [-0.2, -0.15) is 5.10 Å². The summed E-state index contributed by atoms with van der Waals surface area (Å²) in [6.45, 7) is 0.689. The zero-order chi connectivity index (χ0) is 23.9. The number of nitrogens with zero attached hydrogens (tertiary/aromatic N) is 3. The van der Waals surface area contributed by atoms with E-state index in [1.165, 1.54) is 24.5 Å². The zero-order valence-electron chi connectivity index (χ0n) is 18.4. The molecule has 0 aliphatic heterocycles. The molecule has 1 radical (unpaired) electrons. The van der Waals surface area contributed by atoms with Crippen LogP contribution in [0.3, 0.4) is 0 Å². The number of H-pyrrole nitrogens is 1. The summed E-state index contributed by atoms with van der Waals surface area (Å²) >= 11 is 0. The molecule has 4 rings (SSSR count). The summed E-state index contributed by atoms with van der Waals surface area (Å²) in [6.07, 6.45) is 2.06. The Morgan fingerprint density at radius 2 is 2.06 bits per heavy atom. The lowest BCUT2D eigenvalue weighted by atomic mass is 10.2. The van der Waals surface area contributed by atoms with E-state index >= 15 is 0 Å². The second-order valence-corrected chi connectivity index (χ2v) is 7.33. The van der Waals surface area contributed by atoms with Gasteiger partial charge in [-0.15, -0.1) is 0 Å². The van der Waals surface area contributed by atoms with Gasteiger partial charge >= 0.3 is 0 Å². The minimum absolute atomic E-state index is 0.0303. The van der Waals surface area contributed by atoms with E-state index in [4.69, 9.17) is 15.2 Å². The quantitative estimate of drug-likeness (QED) is 0.306. The van der Waals surface area contributed by atoms with Crippen LogP contribution in [0.2, 0.25) is 0 Å². The van der Waals surface area contributed by atoms with Crippen LogP contribution in [0.5, 0.6) is 11.5 Å². The Bertz CT molecular complexity index is 1290. The number of hydrogen-bond acceptors (Lipinski definition) is 7. The average Bonchev–Trinajstić information content (AvgIpc) is 3.25. The van der Waals surface area contributed by atoms with E-state index in [-0.39, 0.29) is 18.9 Å². The molecule has 175 valence electrons. The highest BCUT2D eigenvalue weighted by atomic mass is 19.1. The number of ether oxygens (including phenoxy) is 2. The van der Waals surface area contributed by atoms with Crippen molar-refractivity contribution in [2.45, 2.75) is 12.8 Å². The van der Waals surface area contributed by atoms with Gasteiger partial charge in [0, 0.05) is 35.4 Å². The van der Waals surface area contributed by atoms with E-state index in [1.54, 1.807) is 31.4 Å². The number of fused-ring (bicyclic) bond motifs is 1. The van der Waals surface area contributed by atoms with Crippen LogP contribution in [0.25, 0.3) is 10.9 Å². The van der Waals surface area contributed by atoms with Crippen LogP contribution in [-0.4, -0.2) is 46.3 Å². The van der Waals surface area contributed by atoms with Crippen LogP contribution < -0.4 is 25.8 Å². The number of carbonyl (C=O) groups excluding carboxylic acids is 1. The molecule has 2 aromatic heterocycles. The van der Waals surface area contributed by atoms with Crippen molar-refractivity contribution < 1.29 is 18.7 Å². The summed E-state index contributed by atoms with van der Waals surface area (Å²) in [4.78, 5) is 20.9. The molecule has 0 saturated heterocycles. The molecule has 10 nitrogen and oxygen atoms in total. The third-order valence-corrected chi connectivity index (χ3v) is 4.84. The summed E-state index contributed by atoms with van der Waals surface area (Å²) in [5.74, 6) is 1.29. The predicted molar refractivity (Wildman–Crippen MR) is 125 cm³/mol. The third kappa shape index (κ3) is 5.56. The largest absolute Gasteiger partial charge is 0.493 e. The summed E-state index contributed by atoms with van der Waals surface area (Å²) in [5, 5.41) is 13.5. The van der Waals surface area contributed by atoms with Gasteiger partial charge in [0.15, 0.2) is 17.3 Å². The van der Waals surface area contributed by atoms with Gasteiger partial charge in [-0.05, 0) is 30.7 Å². The molecule has 0 aliphatic carbocycles. The van der Waals surface area contributed by atoms with Crippen molar-refractivity contribution in [1.82, 2.24) is 25.9 Å². The lowest BCUT2D eigenvalue weighted by molar-refractivity contribution is -0.115. The van der Waals surface area contributed by atoms with Crippen LogP contribution in [0, 0.1) is 5.82 Å². The smallest absolute Gasteiger partial charge is 0.230 e. The predicted octanol–water partition coefficient (Wildman–Crippen LogP) is 3.48. The number of aromatic nitrogens is 4. The number of halogens is 1. The third-order valence-electron chi connectivity index (χ3n) is 4.84. The number of rotatable bonds is 10. The number of amides is 1. The Kier molecular flexibility index (Phi) is 7.13.